The van der Waals surface area contributed by atoms with E-state index in [1.807, 2.05) is 0 Å². The van der Waals surface area contributed by atoms with Crippen molar-refractivity contribution in [3.63, 3.8) is 0 Å². The maximum absolute atomic E-state index is 2.66. The summed E-state index contributed by atoms with van der Waals surface area (Å²) in [6.45, 7) is 9.64. The van der Waals surface area contributed by atoms with Crippen LogP contribution in [0.2, 0.25) is 0 Å². The summed E-state index contributed by atoms with van der Waals surface area (Å²) in [7, 11) is 0. The largest absolute Gasteiger partial charge is 0.300 e. The van der Waals surface area contributed by atoms with E-state index in [-0.39, 0.29) is 0 Å². The maximum Gasteiger partial charge on any atom is 0.00671 e. The SMILES string of the molecule is CCCN1CC(CC)CCC1C. The average molecular weight is 169 g/mol. The molecule has 0 bridgehead atoms. The van der Waals surface area contributed by atoms with Gasteiger partial charge in [-0.2, -0.15) is 0 Å². The van der Waals surface area contributed by atoms with Crippen LogP contribution in [0.4, 0.5) is 0 Å². The van der Waals surface area contributed by atoms with Gasteiger partial charge in [0.05, 0.1) is 0 Å². The fraction of sp³-hybridized carbons (Fsp3) is 1.00. The number of nitrogens with zero attached hydrogens (tertiary/aromatic N) is 1. The van der Waals surface area contributed by atoms with E-state index in [1.165, 1.54) is 38.8 Å². The van der Waals surface area contributed by atoms with Crippen LogP contribution in [-0.4, -0.2) is 24.0 Å². The molecule has 1 heteroatoms. The van der Waals surface area contributed by atoms with Gasteiger partial charge in [-0.15, -0.1) is 0 Å². The number of piperidine rings is 1. The van der Waals surface area contributed by atoms with Gasteiger partial charge in [-0.3, -0.25) is 0 Å². The molecule has 12 heavy (non-hydrogen) atoms. The molecular formula is C11H23N. The Morgan fingerprint density at radius 2 is 2.00 bits per heavy atom. The Hall–Kier alpha value is -0.0400. The molecule has 1 aliphatic rings. The van der Waals surface area contributed by atoms with Crippen molar-refractivity contribution in [2.24, 2.45) is 5.92 Å². The minimum atomic E-state index is 0.841. The van der Waals surface area contributed by atoms with Crippen LogP contribution >= 0.6 is 0 Å². The molecule has 0 N–H and O–H groups in total. The number of hydrogen-bond acceptors (Lipinski definition) is 1. The second-order valence-corrected chi connectivity index (χ2v) is 4.20. The summed E-state index contributed by atoms with van der Waals surface area (Å²) in [5, 5.41) is 0. The van der Waals surface area contributed by atoms with Crippen LogP contribution in [-0.2, 0) is 0 Å². The minimum Gasteiger partial charge on any atom is -0.300 e. The van der Waals surface area contributed by atoms with Crippen LogP contribution in [0.3, 0.4) is 0 Å². The van der Waals surface area contributed by atoms with Gasteiger partial charge in [0.1, 0.15) is 0 Å². The quantitative estimate of drug-likeness (QED) is 0.628. The summed E-state index contributed by atoms with van der Waals surface area (Å²) in [5.74, 6) is 0.979. The third-order valence-electron chi connectivity index (χ3n) is 3.20. The molecule has 1 rings (SSSR count). The lowest BCUT2D eigenvalue weighted by atomic mass is 9.91. The number of likely N-dealkylation sites (tertiary alicyclic amines) is 1. The van der Waals surface area contributed by atoms with E-state index >= 15 is 0 Å². The van der Waals surface area contributed by atoms with Gasteiger partial charge >= 0.3 is 0 Å². The van der Waals surface area contributed by atoms with E-state index in [2.05, 4.69) is 25.7 Å². The van der Waals surface area contributed by atoms with Gasteiger partial charge in [-0.1, -0.05) is 20.3 Å². The zero-order valence-electron chi connectivity index (χ0n) is 8.84. The molecule has 1 aliphatic heterocycles. The summed E-state index contributed by atoms with van der Waals surface area (Å²) in [6.07, 6.45) is 5.55. The number of hydrogen-bond donors (Lipinski definition) is 0. The molecule has 0 amide bonds. The summed E-state index contributed by atoms with van der Waals surface area (Å²) in [4.78, 5) is 2.66. The molecule has 0 aromatic carbocycles. The van der Waals surface area contributed by atoms with Crippen molar-refractivity contribution in [1.82, 2.24) is 4.90 Å². The number of rotatable bonds is 3. The first-order valence-corrected chi connectivity index (χ1v) is 5.52. The van der Waals surface area contributed by atoms with Crippen molar-refractivity contribution >= 4 is 0 Å². The molecule has 0 spiro atoms. The highest BCUT2D eigenvalue weighted by Crippen LogP contribution is 2.23. The highest BCUT2D eigenvalue weighted by atomic mass is 15.2. The van der Waals surface area contributed by atoms with Crippen molar-refractivity contribution in [2.45, 2.75) is 52.5 Å². The van der Waals surface area contributed by atoms with E-state index in [1.54, 1.807) is 0 Å². The third-order valence-corrected chi connectivity index (χ3v) is 3.20. The van der Waals surface area contributed by atoms with E-state index in [0.29, 0.717) is 0 Å². The predicted molar refractivity (Wildman–Crippen MR) is 54.3 cm³/mol. The Bertz CT molecular complexity index is 122. The highest BCUT2D eigenvalue weighted by Gasteiger charge is 2.22. The molecule has 0 saturated carbocycles. The van der Waals surface area contributed by atoms with Crippen molar-refractivity contribution in [3.8, 4) is 0 Å². The minimum absolute atomic E-state index is 0.841. The molecule has 0 aromatic rings. The fourth-order valence-corrected chi connectivity index (χ4v) is 2.19. The molecule has 0 aromatic heterocycles. The normalized spacial score (nSPS) is 32.2. The van der Waals surface area contributed by atoms with Crippen LogP contribution < -0.4 is 0 Å². The van der Waals surface area contributed by atoms with Gasteiger partial charge in [0.2, 0.25) is 0 Å². The van der Waals surface area contributed by atoms with Gasteiger partial charge in [0, 0.05) is 12.6 Å². The van der Waals surface area contributed by atoms with Crippen LogP contribution in [0, 0.1) is 5.92 Å². The Balaban J connectivity index is 2.36. The molecule has 0 radical (unpaired) electrons. The van der Waals surface area contributed by atoms with Gasteiger partial charge in [-0.05, 0) is 38.6 Å². The average Bonchev–Trinajstić information content (AvgIpc) is 2.09. The first kappa shape index (κ1) is 10.0. The molecule has 1 nitrogen and oxygen atoms in total. The molecule has 1 heterocycles. The lowest BCUT2D eigenvalue weighted by Gasteiger charge is -2.37. The van der Waals surface area contributed by atoms with Gasteiger partial charge in [-0.25, -0.2) is 0 Å². The van der Waals surface area contributed by atoms with Crippen LogP contribution in [0.25, 0.3) is 0 Å². The van der Waals surface area contributed by atoms with Crippen molar-refractivity contribution in [1.29, 1.82) is 0 Å². The Morgan fingerprint density at radius 1 is 1.25 bits per heavy atom. The molecule has 1 saturated heterocycles. The standard InChI is InChI=1S/C11H23N/c1-4-8-12-9-11(5-2)7-6-10(12)3/h10-11H,4-9H2,1-3H3. The molecule has 2 atom stereocenters. The first-order valence-electron chi connectivity index (χ1n) is 5.52. The monoisotopic (exact) mass is 169 g/mol. The fourth-order valence-electron chi connectivity index (χ4n) is 2.19. The molecular weight excluding hydrogens is 146 g/mol. The summed E-state index contributed by atoms with van der Waals surface area (Å²) >= 11 is 0. The predicted octanol–water partition coefficient (Wildman–Crippen LogP) is 2.91. The topological polar surface area (TPSA) is 3.24 Å². The van der Waals surface area contributed by atoms with Crippen LogP contribution in [0.5, 0.6) is 0 Å². The molecule has 0 aliphatic carbocycles. The molecule has 2 unspecified atom stereocenters. The highest BCUT2D eigenvalue weighted by molar-refractivity contribution is 4.77. The van der Waals surface area contributed by atoms with Crippen molar-refractivity contribution < 1.29 is 0 Å². The third kappa shape index (κ3) is 2.48. The summed E-state index contributed by atoms with van der Waals surface area (Å²) in [6, 6.07) is 0.841. The second-order valence-electron chi connectivity index (χ2n) is 4.20. The van der Waals surface area contributed by atoms with Crippen LogP contribution in [0.1, 0.15) is 46.5 Å². The molecule has 72 valence electrons. The molecule has 1 fully saturated rings. The second kappa shape index (κ2) is 4.86. The summed E-state index contributed by atoms with van der Waals surface area (Å²) in [5.41, 5.74) is 0. The maximum atomic E-state index is 2.66. The Labute approximate surface area is 77.1 Å². The smallest absolute Gasteiger partial charge is 0.00671 e. The van der Waals surface area contributed by atoms with E-state index in [9.17, 15) is 0 Å². The van der Waals surface area contributed by atoms with Crippen molar-refractivity contribution in [2.75, 3.05) is 13.1 Å². The Morgan fingerprint density at radius 3 is 2.58 bits per heavy atom. The zero-order chi connectivity index (χ0) is 8.97. The summed E-state index contributed by atoms with van der Waals surface area (Å²) < 4.78 is 0. The van der Waals surface area contributed by atoms with Gasteiger partial charge in [0.15, 0.2) is 0 Å². The zero-order valence-corrected chi connectivity index (χ0v) is 8.84. The first-order chi connectivity index (χ1) is 5.77. The van der Waals surface area contributed by atoms with E-state index in [4.69, 9.17) is 0 Å². The lowest BCUT2D eigenvalue weighted by Crippen LogP contribution is -2.41. The van der Waals surface area contributed by atoms with Crippen LogP contribution in [0.15, 0.2) is 0 Å². The van der Waals surface area contributed by atoms with E-state index < -0.39 is 0 Å². The Kier molecular flexibility index (Phi) is 4.07. The van der Waals surface area contributed by atoms with E-state index in [0.717, 1.165) is 12.0 Å². The van der Waals surface area contributed by atoms with Gasteiger partial charge in [0.25, 0.3) is 0 Å². The van der Waals surface area contributed by atoms with Crippen molar-refractivity contribution in [3.05, 3.63) is 0 Å². The van der Waals surface area contributed by atoms with Gasteiger partial charge < -0.3 is 4.90 Å². The lowest BCUT2D eigenvalue weighted by molar-refractivity contribution is 0.116.